The van der Waals surface area contributed by atoms with Gasteiger partial charge in [-0.05, 0) is 38.9 Å². The van der Waals surface area contributed by atoms with Gasteiger partial charge in [0.25, 0.3) is 0 Å². The maximum absolute atomic E-state index is 11.5. The number of esters is 1. The van der Waals surface area contributed by atoms with Gasteiger partial charge in [-0.3, -0.25) is 0 Å². The average molecular weight is 295 g/mol. The molecule has 5 nitrogen and oxygen atoms in total. The maximum Gasteiger partial charge on any atom is 0.376 e. The van der Waals surface area contributed by atoms with E-state index in [1.54, 1.807) is 0 Å². The smallest absolute Gasteiger partial charge is 0.376 e. The summed E-state index contributed by atoms with van der Waals surface area (Å²) in [4.78, 5) is 19.8. The molecule has 110 valence electrons. The molecule has 1 saturated carbocycles. The van der Waals surface area contributed by atoms with Crippen LogP contribution in [0.2, 0.25) is 0 Å². The number of aryl methyl sites for hydroxylation is 1. The predicted molar refractivity (Wildman–Crippen MR) is 81.3 cm³/mol. The topological polar surface area (TPSA) is 64.1 Å². The van der Waals surface area contributed by atoms with E-state index < -0.39 is 5.97 Å². The zero-order valence-electron chi connectivity index (χ0n) is 12.2. The Labute approximate surface area is 123 Å². The summed E-state index contributed by atoms with van der Waals surface area (Å²) in [7, 11) is 1.34. The Hall–Kier alpha value is -1.30. The maximum atomic E-state index is 11.5. The van der Waals surface area contributed by atoms with Crippen LogP contribution in [0.3, 0.4) is 0 Å². The fourth-order valence-electron chi connectivity index (χ4n) is 2.48. The molecule has 0 atom stereocenters. The third-order valence-electron chi connectivity index (χ3n) is 3.58. The number of methoxy groups -OCH3 is 1. The molecular weight excluding hydrogens is 274 g/mol. The molecule has 2 rings (SSSR count). The monoisotopic (exact) mass is 295 g/mol. The van der Waals surface area contributed by atoms with Crippen LogP contribution in [-0.4, -0.2) is 40.6 Å². The zero-order chi connectivity index (χ0) is 14.5. The largest absolute Gasteiger partial charge is 0.463 e. The van der Waals surface area contributed by atoms with E-state index in [9.17, 15) is 4.79 Å². The molecular formula is C14H21N3O2S. The van der Waals surface area contributed by atoms with Crippen LogP contribution in [0.4, 0.5) is 5.82 Å². The highest BCUT2D eigenvalue weighted by molar-refractivity contribution is 7.99. The average Bonchev–Trinajstić information content (AvgIpc) is 2.46. The van der Waals surface area contributed by atoms with Crippen molar-refractivity contribution < 1.29 is 9.53 Å². The minimum Gasteiger partial charge on any atom is -0.463 e. The number of thioether (sulfide) groups is 1. The highest BCUT2D eigenvalue weighted by Crippen LogP contribution is 2.28. The second-order valence-corrected chi connectivity index (χ2v) is 6.20. The summed E-state index contributed by atoms with van der Waals surface area (Å²) in [5, 5.41) is 4.20. The second-order valence-electron chi connectivity index (χ2n) is 5.06. The normalized spacial score (nSPS) is 22.4. The van der Waals surface area contributed by atoms with Crippen molar-refractivity contribution in [2.24, 2.45) is 0 Å². The molecule has 0 saturated heterocycles. The molecule has 0 bridgehead atoms. The van der Waals surface area contributed by atoms with Crippen LogP contribution in [0.1, 0.15) is 42.0 Å². The van der Waals surface area contributed by atoms with Gasteiger partial charge >= 0.3 is 5.97 Å². The predicted octanol–water partition coefficient (Wildman–Crippen LogP) is 2.66. The van der Waals surface area contributed by atoms with Crippen LogP contribution in [0, 0.1) is 6.92 Å². The molecule has 1 aliphatic rings. The molecule has 1 N–H and O–H groups in total. The van der Waals surface area contributed by atoms with Crippen LogP contribution >= 0.6 is 11.8 Å². The van der Waals surface area contributed by atoms with Crippen molar-refractivity contribution in [3.63, 3.8) is 0 Å². The van der Waals surface area contributed by atoms with Gasteiger partial charge in [0.05, 0.1) is 7.11 Å². The van der Waals surface area contributed by atoms with E-state index in [-0.39, 0.29) is 5.82 Å². The van der Waals surface area contributed by atoms with E-state index >= 15 is 0 Å². The van der Waals surface area contributed by atoms with Gasteiger partial charge in [0, 0.05) is 23.1 Å². The van der Waals surface area contributed by atoms with E-state index in [0.29, 0.717) is 11.9 Å². The lowest BCUT2D eigenvalue weighted by Gasteiger charge is -2.28. The third-order valence-corrected chi connectivity index (χ3v) is 4.72. The number of anilines is 1. The molecule has 0 aliphatic heterocycles. The zero-order valence-corrected chi connectivity index (χ0v) is 13.0. The first-order valence-corrected chi connectivity index (χ1v) is 8.14. The van der Waals surface area contributed by atoms with Gasteiger partial charge in [0.1, 0.15) is 5.82 Å². The van der Waals surface area contributed by atoms with Gasteiger partial charge in [-0.2, -0.15) is 11.8 Å². The molecule has 1 aromatic heterocycles. The quantitative estimate of drug-likeness (QED) is 0.862. The number of carbonyl (C=O) groups excluding carboxylic acids is 1. The van der Waals surface area contributed by atoms with Crippen molar-refractivity contribution in [2.45, 2.75) is 43.9 Å². The first-order chi connectivity index (χ1) is 9.62. The Balaban J connectivity index is 2.02. The molecule has 0 unspecified atom stereocenters. The lowest BCUT2D eigenvalue weighted by molar-refractivity contribution is 0.0586. The van der Waals surface area contributed by atoms with E-state index in [1.807, 2.05) is 24.8 Å². The molecule has 0 aromatic carbocycles. The van der Waals surface area contributed by atoms with Crippen molar-refractivity contribution in [1.82, 2.24) is 9.97 Å². The number of rotatable bonds is 4. The van der Waals surface area contributed by atoms with Crippen LogP contribution in [0.25, 0.3) is 0 Å². The van der Waals surface area contributed by atoms with Crippen molar-refractivity contribution in [2.75, 3.05) is 18.7 Å². The van der Waals surface area contributed by atoms with Crippen LogP contribution in [0.5, 0.6) is 0 Å². The highest BCUT2D eigenvalue weighted by atomic mass is 32.2. The minimum atomic E-state index is -0.497. The highest BCUT2D eigenvalue weighted by Gasteiger charge is 2.21. The fraction of sp³-hybridized carbons (Fsp3) is 0.643. The molecule has 1 heterocycles. The third kappa shape index (κ3) is 3.85. The minimum absolute atomic E-state index is 0.118. The van der Waals surface area contributed by atoms with Crippen LogP contribution < -0.4 is 5.32 Å². The summed E-state index contributed by atoms with van der Waals surface area (Å²) in [5.41, 5.74) is 0.765. The number of nitrogens with zero attached hydrogens (tertiary/aromatic N) is 2. The SMILES string of the molecule is COC(=O)c1nc(C)cc(NC2CCC(SC)CC2)n1. The first-order valence-electron chi connectivity index (χ1n) is 6.85. The summed E-state index contributed by atoms with van der Waals surface area (Å²) in [6, 6.07) is 2.30. The number of ether oxygens (including phenoxy) is 1. The van der Waals surface area contributed by atoms with Crippen molar-refractivity contribution >= 4 is 23.5 Å². The lowest BCUT2D eigenvalue weighted by Crippen LogP contribution is -2.27. The number of aromatic nitrogens is 2. The van der Waals surface area contributed by atoms with Gasteiger partial charge < -0.3 is 10.1 Å². The summed E-state index contributed by atoms with van der Waals surface area (Å²) < 4.78 is 4.67. The first kappa shape index (κ1) is 15.1. The van der Waals surface area contributed by atoms with Gasteiger partial charge in [-0.1, -0.05) is 0 Å². The lowest BCUT2D eigenvalue weighted by atomic mass is 9.95. The summed E-state index contributed by atoms with van der Waals surface area (Å²) >= 11 is 1.95. The number of hydrogen-bond acceptors (Lipinski definition) is 6. The molecule has 1 aromatic rings. The van der Waals surface area contributed by atoms with Crippen LogP contribution in [-0.2, 0) is 4.74 Å². The van der Waals surface area contributed by atoms with Crippen molar-refractivity contribution in [3.8, 4) is 0 Å². The van der Waals surface area contributed by atoms with Crippen LogP contribution in [0.15, 0.2) is 6.07 Å². The van der Waals surface area contributed by atoms with Crippen molar-refractivity contribution in [1.29, 1.82) is 0 Å². The number of hydrogen-bond donors (Lipinski definition) is 1. The molecule has 0 amide bonds. The van der Waals surface area contributed by atoms with Crippen molar-refractivity contribution in [3.05, 3.63) is 17.6 Å². The number of carbonyl (C=O) groups is 1. The Morgan fingerprint density at radius 1 is 1.35 bits per heavy atom. The Morgan fingerprint density at radius 3 is 2.65 bits per heavy atom. The molecule has 1 aliphatic carbocycles. The number of nitrogens with one attached hydrogen (secondary N) is 1. The molecule has 0 spiro atoms. The molecule has 0 radical (unpaired) electrons. The molecule has 20 heavy (non-hydrogen) atoms. The van der Waals surface area contributed by atoms with Gasteiger partial charge in [-0.25, -0.2) is 14.8 Å². The Morgan fingerprint density at radius 2 is 2.05 bits per heavy atom. The molecule has 6 heteroatoms. The fourth-order valence-corrected chi connectivity index (χ4v) is 3.22. The van der Waals surface area contributed by atoms with E-state index in [1.165, 1.54) is 20.0 Å². The standard InChI is InChI=1S/C14H21N3O2S/c1-9-8-12(17-13(15-9)14(18)19-2)16-10-4-6-11(20-3)7-5-10/h8,10-11H,4-7H2,1-3H3,(H,15,16,17). The Kier molecular flexibility index (Phi) is 5.23. The molecule has 1 fully saturated rings. The van der Waals surface area contributed by atoms with E-state index in [4.69, 9.17) is 0 Å². The van der Waals surface area contributed by atoms with E-state index in [0.717, 1.165) is 23.8 Å². The van der Waals surface area contributed by atoms with Gasteiger partial charge in [-0.15, -0.1) is 0 Å². The summed E-state index contributed by atoms with van der Waals surface area (Å²) in [6.45, 7) is 1.85. The summed E-state index contributed by atoms with van der Waals surface area (Å²) in [6.07, 6.45) is 6.92. The van der Waals surface area contributed by atoms with Gasteiger partial charge in [0.2, 0.25) is 5.82 Å². The summed E-state index contributed by atoms with van der Waals surface area (Å²) in [5.74, 6) is 0.334. The second kappa shape index (κ2) is 6.92. The Bertz CT molecular complexity index is 473. The van der Waals surface area contributed by atoms with Gasteiger partial charge in [0.15, 0.2) is 0 Å². The van der Waals surface area contributed by atoms with E-state index in [2.05, 4.69) is 26.3 Å².